The van der Waals surface area contributed by atoms with Crippen LogP contribution < -0.4 is 11.1 Å². The van der Waals surface area contributed by atoms with E-state index in [-0.39, 0.29) is 11.6 Å². The van der Waals surface area contributed by atoms with Gasteiger partial charge in [-0.3, -0.25) is 4.79 Å². The molecule has 100 valence electrons. The second-order valence-electron chi connectivity index (χ2n) is 3.92. The number of hydrogen-bond acceptors (Lipinski definition) is 4. The third-order valence-corrected chi connectivity index (χ3v) is 4.02. The molecule has 0 bridgehead atoms. The van der Waals surface area contributed by atoms with Crippen molar-refractivity contribution in [1.29, 1.82) is 0 Å². The SMILES string of the molecule is Cc1csc(CNC(=O)c2cc(N)c(F)cc2Br)n1. The largest absolute Gasteiger partial charge is 0.396 e. The summed E-state index contributed by atoms with van der Waals surface area (Å²) in [4.78, 5) is 16.2. The summed E-state index contributed by atoms with van der Waals surface area (Å²) in [6.07, 6.45) is 0. The van der Waals surface area contributed by atoms with Crippen molar-refractivity contribution in [2.45, 2.75) is 13.5 Å². The third-order valence-electron chi connectivity index (χ3n) is 2.40. The number of benzene rings is 1. The Morgan fingerprint density at radius 3 is 2.95 bits per heavy atom. The lowest BCUT2D eigenvalue weighted by Crippen LogP contribution is -2.23. The van der Waals surface area contributed by atoms with Gasteiger partial charge in [-0.05, 0) is 35.0 Å². The van der Waals surface area contributed by atoms with Gasteiger partial charge in [0.1, 0.15) is 10.8 Å². The molecule has 4 nitrogen and oxygen atoms in total. The van der Waals surface area contributed by atoms with E-state index < -0.39 is 5.82 Å². The molecular formula is C12H11BrFN3OS. The zero-order valence-corrected chi connectivity index (χ0v) is 12.4. The summed E-state index contributed by atoms with van der Waals surface area (Å²) in [5, 5.41) is 5.44. The quantitative estimate of drug-likeness (QED) is 0.842. The van der Waals surface area contributed by atoms with Crippen molar-refractivity contribution in [2.75, 3.05) is 5.73 Å². The molecule has 1 heterocycles. The number of nitrogens with two attached hydrogens (primary N) is 1. The van der Waals surface area contributed by atoms with Gasteiger partial charge in [0.15, 0.2) is 0 Å². The minimum absolute atomic E-state index is 0.0570. The fourth-order valence-electron chi connectivity index (χ4n) is 1.47. The van der Waals surface area contributed by atoms with Gasteiger partial charge >= 0.3 is 0 Å². The predicted octanol–water partition coefficient (Wildman–Crippen LogP) is 2.87. The second-order valence-corrected chi connectivity index (χ2v) is 5.72. The van der Waals surface area contributed by atoms with Crippen LogP contribution in [0.2, 0.25) is 0 Å². The highest BCUT2D eigenvalue weighted by Gasteiger charge is 2.13. The normalized spacial score (nSPS) is 10.5. The van der Waals surface area contributed by atoms with Crippen LogP contribution in [0.25, 0.3) is 0 Å². The van der Waals surface area contributed by atoms with E-state index in [9.17, 15) is 9.18 Å². The van der Waals surface area contributed by atoms with E-state index in [1.54, 1.807) is 0 Å². The summed E-state index contributed by atoms with van der Waals surface area (Å²) < 4.78 is 13.5. The average molecular weight is 344 g/mol. The van der Waals surface area contributed by atoms with Crippen LogP contribution in [0.5, 0.6) is 0 Å². The Balaban J connectivity index is 2.10. The molecule has 1 aromatic heterocycles. The highest BCUT2D eigenvalue weighted by atomic mass is 79.9. The second kappa shape index (κ2) is 5.66. The number of hydrogen-bond donors (Lipinski definition) is 2. The molecule has 0 saturated heterocycles. The van der Waals surface area contributed by atoms with Gasteiger partial charge in [0.2, 0.25) is 0 Å². The Hall–Kier alpha value is -1.47. The van der Waals surface area contributed by atoms with Crippen LogP contribution in [0.4, 0.5) is 10.1 Å². The fourth-order valence-corrected chi connectivity index (χ4v) is 2.68. The summed E-state index contributed by atoms with van der Waals surface area (Å²) >= 11 is 4.62. The van der Waals surface area contributed by atoms with E-state index in [4.69, 9.17) is 5.73 Å². The smallest absolute Gasteiger partial charge is 0.252 e. The number of nitrogens with one attached hydrogen (secondary N) is 1. The van der Waals surface area contributed by atoms with Crippen LogP contribution in [0.1, 0.15) is 21.1 Å². The van der Waals surface area contributed by atoms with Crippen LogP contribution in [0.15, 0.2) is 22.0 Å². The summed E-state index contributed by atoms with van der Waals surface area (Å²) in [6.45, 7) is 2.22. The Kier molecular flexibility index (Phi) is 4.16. The Bertz CT molecular complexity index is 629. The number of aromatic nitrogens is 1. The maximum atomic E-state index is 13.2. The van der Waals surface area contributed by atoms with Gasteiger partial charge < -0.3 is 11.1 Å². The number of anilines is 1. The van der Waals surface area contributed by atoms with E-state index in [1.165, 1.54) is 23.5 Å². The number of thiazole rings is 1. The standard InChI is InChI=1S/C12H11BrFN3OS/c1-6-5-19-11(17-6)4-16-12(18)7-2-10(15)9(14)3-8(7)13/h2-3,5H,4,15H2,1H3,(H,16,18). The van der Waals surface area contributed by atoms with Crippen LogP contribution >= 0.6 is 27.3 Å². The maximum absolute atomic E-state index is 13.2. The molecule has 2 rings (SSSR count). The lowest BCUT2D eigenvalue weighted by atomic mass is 10.2. The van der Waals surface area contributed by atoms with E-state index in [0.717, 1.165) is 10.7 Å². The molecule has 0 unspecified atom stereocenters. The van der Waals surface area contributed by atoms with Crippen molar-refractivity contribution < 1.29 is 9.18 Å². The van der Waals surface area contributed by atoms with Gasteiger partial charge in [0, 0.05) is 15.5 Å². The number of halogens is 2. The molecule has 1 aromatic carbocycles. The van der Waals surface area contributed by atoms with Crippen LogP contribution in [-0.4, -0.2) is 10.9 Å². The number of aryl methyl sites for hydroxylation is 1. The molecule has 7 heteroatoms. The summed E-state index contributed by atoms with van der Waals surface area (Å²) in [5.74, 6) is -0.884. The molecule has 0 atom stereocenters. The monoisotopic (exact) mass is 343 g/mol. The first kappa shape index (κ1) is 14.0. The molecule has 0 fully saturated rings. The summed E-state index contributed by atoms with van der Waals surface area (Å²) in [6, 6.07) is 2.49. The summed E-state index contributed by atoms with van der Waals surface area (Å²) in [5.41, 5.74) is 6.61. The Morgan fingerprint density at radius 2 is 2.32 bits per heavy atom. The number of carbonyl (C=O) groups is 1. The molecule has 0 aliphatic heterocycles. The lowest BCUT2D eigenvalue weighted by molar-refractivity contribution is 0.0950. The van der Waals surface area contributed by atoms with Crippen molar-refractivity contribution in [3.8, 4) is 0 Å². The maximum Gasteiger partial charge on any atom is 0.252 e. The molecule has 1 amide bonds. The molecule has 0 radical (unpaired) electrons. The predicted molar refractivity (Wildman–Crippen MR) is 76.5 cm³/mol. The molecule has 2 aromatic rings. The number of nitrogens with zero attached hydrogens (tertiary/aromatic N) is 1. The third kappa shape index (κ3) is 3.30. The van der Waals surface area contributed by atoms with Crippen molar-refractivity contribution in [3.05, 3.63) is 44.1 Å². The summed E-state index contributed by atoms with van der Waals surface area (Å²) in [7, 11) is 0. The van der Waals surface area contributed by atoms with Gasteiger partial charge in [-0.1, -0.05) is 0 Å². The number of amides is 1. The van der Waals surface area contributed by atoms with Gasteiger partial charge in [0.05, 0.1) is 17.8 Å². The van der Waals surface area contributed by atoms with E-state index in [0.29, 0.717) is 16.6 Å². The van der Waals surface area contributed by atoms with Crippen molar-refractivity contribution >= 4 is 38.9 Å². The van der Waals surface area contributed by atoms with Crippen LogP contribution in [0.3, 0.4) is 0 Å². The number of carbonyl (C=O) groups excluding carboxylic acids is 1. The van der Waals surface area contributed by atoms with Crippen molar-refractivity contribution in [2.24, 2.45) is 0 Å². The van der Waals surface area contributed by atoms with Crippen LogP contribution in [0, 0.1) is 12.7 Å². The van der Waals surface area contributed by atoms with E-state index in [1.807, 2.05) is 12.3 Å². The molecule has 19 heavy (non-hydrogen) atoms. The van der Waals surface area contributed by atoms with Crippen molar-refractivity contribution in [3.63, 3.8) is 0 Å². The minimum atomic E-state index is -0.557. The first-order chi connectivity index (χ1) is 8.97. The molecule has 0 saturated carbocycles. The molecule has 0 spiro atoms. The zero-order chi connectivity index (χ0) is 14.0. The number of nitrogen functional groups attached to an aromatic ring is 1. The van der Waals surface area contributed by atoms with Gasteiger partial charge in [0.25, 0.3) is 5.91 Å². The molecular weight excluding hydrogens is 333 g/mol. The average Bonchev–Trinajstić information content (AvgIpc) is 2.77. The molecule has 0 aliphatic rings. The first-order valence-corrected chi connectivity index (χ1v) is 7.08. The number of rotatable bonds is 3. The van der Waals surface area contributed by atoms with Gasteiger partial charge in [-0.15, -0.1) is 11.3 Å². The lowest BCUT2D eigenvalue weighted by Gasteiger charge is -2.07. The van der Waals surface area contributed by atoms with Gasteiger partial charge in [-0.25, -0.2) is 9.37 Å². The molecule has 0 aliphatic carbocycles. The highest BCUT2D eigenvalue weighted by molar-refractivity contribution is 9.10. The van der Waals surface area contributed by atoms with Gasteiger partial charge in [-0.2, -0.15) is 0 Å². The molecule has 3 N–H and O–H groups in total. The first-order valence-electron chi connectivity index (χ1n) is 5.41. The Labute approximate surface area is 122 Å². The Morgan fingerprint density at radius 1 is 1.58 bits per heavy atom. The zero-order valence-electron chi connectivity index (χ0n) is 10.0. The minimum Gasteiger partial charge on any atom is -0.396 e. The topological polar surface area (TPSA) is 68.0 Å². The van der Waals surface area contributed by atoms with E-state index >= 15 is 0 Å². The fraction of sp³-hybridized carbons (Fsp3) is 0.167. The van der Waals surface area contributed by atoms with Crippen LogP contribution in [-0.2, 0) is 6.54 Å². The van der Waals surface area contributed by atoms with Crippen molar-refractivity contribution in [1.82, 2.24) is 10.3 Å². The highest BCUT2D eigenvalue weighted by Crippen LogP contribution is 2.22. The van der Waals surface area contributed by atoms with E-state index in [2.05, 4.69) is 26.2 Å².